The number of halogens is 1. The van der Waals surface area contributed by atoms with E-state index in [0.29, 0.717) is 6.54 Å². The molecule has 0 radical (unpaired) electrons. The van der Waals surface area contributed by atoms with E-state index in [1.54, 1.807) is 0 Å². The molecule has 1 amide bonds. The van der Waals surface area contributed by atoms with Crippen molar-refractivity contribution >= 4 is 27.6 Å². The fraction of sp³-hybridized carbons (Fsp3) is 0.579. The maximum absolute atomic E-state index is 13.0. The fourth-order valence-corrected chi connectivity index (χ4v) is 6.09. The van der Waals surface area contributed by atoms with Crippen LogP contribution in [0.5, 0.6) is 0 Å². The molecule has 23 heavy (non-hydrogen) atoms. The van der Waals surface area contributed by atoms with Crippen molar-refractivity contribution in [3.8, 4) is 0 Å². The first-order valence-electron chi connectivity index (χ1n) is 8.28. The first-order chi connectivity index (χ1) is 10.8. The molecule has 2 saturated carbocycles. The van der Waals surface area contributed by atoms with Crippen LogP contribution < -0.4 is 5.32 Å². The molecule has 2 bridgehead atoms. The summed E-state index contributed by atoms with van der Waals surface area (Å²) in [6.45, 7) is 6.78. The van der Waals surface area contributed by atoms with Crippen LogP contribution in [0.1, 0.15) is 39.2 Å². The lowest BCUT2D eigenvalue weighted by Crippen LogP contribution is -2.51. The maximum Gasteiger partial charge on any atom is 0.228 e. The summed E-state index contributed by atoms with van der Waals surface area (Å²) in [5.41, 5.74) is -0.158. The van der Waals surface area contributed by atoms with Gasteiger partial charge in [0.2, 0.25) is 5.91 Å². The van der Waals surface area contributed by atoms with Gasteiger partial charge in [0.1, 0.15) is 0 Å². The van der Waals surface area contributed by atoms with Gasteiger partial charge in [-0.05, 0) is 30.2 Å². The number of nitrogens with one attached hydrogen (secondary N) is 1. The van der Waals surface area contributed by atoms with Crippen LogP contribution in [0.3, 0.4) is 0 Å². The minimum Gasteiger partial charge on any atom is -0.355 e. The molecular weight excluding hydrogens is 354 g/mol. The molecule has 2 fully saturated rings. The summed E-state index contributed by atoms with van der Waals surface area (Å²) in [5.74, 6) is 0.210. The molecule has 2 aliphatic carbocycles. The number of carbonyl (C=O) groups is 2. The number of benzene rings is 1. The lowest BCUT2D eigenvalue weighted by Gasteiger charge is -2.39. The molecule has 0 saturated heterocycles. The lowest BCUT2D eigenvalue weighted by atomic mass is 9.64. The zero-order valence-electron chi connectivity index (χ0n) is 14.0. The van der Waals surface area contributed by atoms with Gasteiger partial charge in [-0.1, -0.05) is 67.0 Å². The van der Waals surface area contributed by atoms with E-state index in [9.17, 15) is 9.59 Å². The van der Waals surface area contributed by atoms with Crippen LogP contribution >= 0.6 is 15.9 Å². The average molecular weight is 378 g/mol. The van der Waals surface area contributed by atoms with Crippen molar-refractivity contribution in [1.29, 1.82) is 0 Å². The van der Waals surface area contributed by atoms with Gasteiger partial charge in [-0.2, -0.15) is 0 Å². The summed E-state index contributed by atoms with van der Waals surface area (Å²) in [7, 11) is 0. The van der Waals surface area contributed by atoms with Crippen molar-refractivity contribution < 1.29 is 9.59 Å². The first-order valence-corrected chi connectivity index (χ1v) is 9.19. The number of amides is 1. The highest BCUT2D eigenvalue weighted by molar-refractivity contribution is 9.10. The predicted octanol–water partition coefficient (Wildman–Crippen LogP) is 3.50. The van der Waals surface area contributed by atoms with Crippen molar-refractivity contribution in [3.63, 3.8) is 0 Å². The Hall–Kier alpha value is -1.16. The number of hydrogen-bond acceptors (Lipinski definition) is 2. The largest absolute Gasteiger partial charge is 0.355 e. The summed E-state index contributed by atoms with van der Waals surface area (Å²) in [6.07, 6.45) is 2.38. The maximum atomic E-state index is 13.0. The van der Waals surface area contributed by atoms with Crippen LogP contribution in [0.4, 0.5) is 0 Å². The van der Waals surface area contributed by atoms with Crippen LogP contribution in [-0.4, -0.2) is 23.1 Å². The molecule has 0 aromatic heterocycles. The van der Waals surface area contributed by atoms with E-state index < -0.39 is 10.8 Å². The van der Waals surface area contributed by atoms with E-state index in [2.05, 4.69) is 47.2 Å². The lowest BCUT2D eigenvalue weighted by molar-refractivity contribution is -0.135. The minimum absolute atomic E-state index is 0.0230. The number of rotatable bonds is 4. The van der Waals surface area contributed by atoms with Crippen molar-refractivity contribution in [3.05, 3.63) is 35.9 Å². The Morgan fingerprint density at radius 1 is 1.22 bits per heavy atom. The van der Waals surface area contributed by atoms with Gasteiger partial charge in [-0.3, -0.25) is 9.59 Å². The van der Waals surface area contributed by atoms with Crippen molar-refractivity contribution in [1.82, 2.24) is 5.32 Å². The second-order valence-electron chi connectivity index (χ2n) is 7.65. The summed E-state index contributed by atoms with van der Waals surface area (Å²) in [4.78, 5) is 25.3. The van der Waals surface area contributed by atoms with Gasteiger partial charge >= 0.3 is 0 Å². The zero-order valence-corrected chi connectivity index (χ0v) is 15.6. The molecule has 0 heterocycles. The van der Waals surface area contributed by atoms with Gasteiger partial charge in [0.25, 0.3) is 0 Å². The Balaban J connectivity index is 1.75. The highest BCUT2D eigenvalue weighted by Gasteiger charge is 2.76. The number of fused-ring (bicyclic) bond motifs is 2. The number of alkyl halides is 1. The van der Waals surface area contributed by atoms with Crippen molar-refractivity contribution in [2.24, 2.45) is 16.2 Å². The molecule has 1 aromatic carbocycles. The number of hydrogen-bond donors (Lipinski definition) is 1. The smallest absolute Gasteiger partial charge is 0.228 e. The van der Waals surface area contributed by atoms with E-state index in [0.717, 1.165) is 19.3 Å². The molecular formula is C19H24BrNO2. The van der Waals surface area contributed by atoms with E-state index in [4.69, 9.17) is 0 Å². The fourth-order valence-electron chi connectivity index (χ4n) is 4.58. The molecule has 0 spiro atoms. The summed E-state index contributed by atoms with van der Waals surface area (Å²) in [5, 5.41) is 3.09. The van der Waals surface area contributed by atoms with Gasteiger partial charge in [0, 0.05) is 12.0 Å². The monoisotopic (exact) mass is 377 g/mol. The average Bonchev–Trinajstić information content (AvgIpc) is 2.80. The normalized spacial score (nSPS) is 34.6. The Morgan fingerprint density at radius 2 is 1.87 bits per heavy atom. The van der Waals surface area contributed by atoms with Crippen LogP contribution in [0.2, 0.25) is 0 Å². The number of Topliss-reactive ketones (excluding diaryl/α,β-unsaturated/α-hetero) is 1. The standard InChI is InChI=1S/C19H24BrNO2/c1-17(2)18(3)10-11-19(17,14(20)15(18)22)16(23)21-12-9-13-7-5-4-6-8-13/h4-8,14H,9-12H2,1-3H3,(H,21,23)/t14-,18-,19-/m1/s1. The van der Waals surface area contributed by atoms with Crippen LogP contribution in [-0.2, 0) is 16.0 Å². The Labute approximate surface area is 146 Å². The second-order valence-corrected chi connectivity index (χ2v) is 8.56. The molecule has 0 unspecified atom stereocenters. The molecule has 1 aromatic rings. The molecule has 0 aliphatic heterocycles. The summed E-state index contributed by atoms with van der Waals surface area (Å²) >= 11 is 3.56. The van der Waals surface area contributed by atoms with Crippen LogP contribution in [0, 0.1) is 16.2 Å². The SMILES string of the molecule is CC1(C)[C@]2(C(=O)NCCc3ccccc3)CC[C@]1(C)C(=O)[C@H]2Br. The quantitative estimate of drug-likeness (QED) is 0.816. The molecule has 3 rings (SSSR count). The topological polar surface area (TPSA) is 46.2 Å². The third kappa shape index (κ3) is 2.07. The third-order valence-electron chi connectivity index (χ3n) is 6.67. The highest BCUT2D eigenvalue weighted by atomic mass is 79.9. The molecule has 3 atom stereocenters. The van der Waals surface area contributed by atoms with Gasteiger partial charge in [-0.25, -0.2) is 0 Å². The third-order valence-corrected chi connectivity index (χ3v) is 7.87. The number of ketones is 1. The molecule has 1 N–H and O–H groups in total. The van der Waals surface area contributed by atoms with Gasteiger partial charge in [0.15, 0.2) is 5.78 Å². The van der Waals surface area contributed by atoms with E-state index >= 15 is 0 Å². The van der Waals surface area contributed by atoms with Crippen LogP contribution in [0.25, 0.3) is 0 Å². The zero-order chi connectivity index (χ0) is 16.9. The van der Waals surface area contributed by atoms with Crippen molar-refractivity contribution in [2.75, 3.05) is 6.54 Å². The number of carbonyl (C=O) groups excluding carboxylic acids is 2. The second kappa shape index (κ2) is 5.44. The molecule has 4 heteroatoms. The van der Waals surface area contributed by atoms with Gasteiger partial charge in [0.05, 0.1) is 10.2 Å². The van der Waals surface area contributed by atoms with E-state index in [1.165, 1.54) is 5.56 Å². The van der Waals surface area contributed by atoms with Gasteiger partial charge in [-0.15, -0.1) is 0 Å². The van der Waals surface area contributed by atoms with Gasteiger partial charge < -0.3 is 5.32 Å². The molecule has 124 valence electrons. The predicted molar refractivity (Wildman–Crippen MR) is 94.4 cm³/mol. The Morgan fingerprint density at radius 3 is 2.43 bits per heavy atom. The van der Waals surface area contributed by atoms with Crippen LogP contribution in [0.15, 0.2) is 30.3 Å². The first kappa shape index (κ1) is 16.7. The molecule has 2 aliphatic rings. The minimum atomic E-state index is -0.629. The Bertz CT molecular complexity index is 642. The van der Waals surface area contributed by atoms with E-state index in [1.807, 2.05) is 25.1 Å². The summed E-state index contributed by atoms with van der Waals surface area (Å²) in [6, 6.07) is 10.1. The van der Waals surface area contributed by atoms with Crippen molar-refractivity contribution in [2.45, 2.75) is 44.9 Å². The summed E-state index contributed by atoms with van der Waals surface area (Å²) < 4.78 is 0. The highest BCUT2D eigenvalue weighted by Crippen LogP contribution is 2.72. The van der Waals surface area contributed by atoms with E-state index in [-0.39, 0.29) is 21.9 Å². The Kier molecular flexibility index (Phi) is 3.95. The molecule has 3 nitrogen and oxygen atoms in total.